The van der Waals surface area contributed by atoms with Gasteiger partial charge in [0.05, 0.1) is 89.4 Å². The zero-order chi connectivity index (χ0) is 97.4. The van der Waals surface area contributed by atoms with E-state index in [1.807, 2.05) is 0 Å². The lowest BCUT2D eigenvalue weighted by molar-refractivity contribution is -0.255. The first-order valence-electron chi connectivity index (χ1n) is 48.0. The third-order valence-corrected chi connectivity index (χ3v) is 28.5. The molecule has 0 aromatic carbocycles. The summed E-state index contributed by atoms with van der Waals surface area (Å²) in [6.45, 7) is 29.9. The van der Waals surface area contributed by atoms with Crippen LogP contribution in [0.25, 0.3) is 4.85 Å². The smallest absolute Gasteiger partial charge is 0.463 e. The van der Waals surface area contributed by atoms with Crippen molar-refractivity contribution >= 4 is 80.2 Å². The first-order valence-corrected chi connectivity index (χ1v) is 50.9. The number of carbonyl (C=O) groups is 11. The van der Waals surface area contributed by atoms with Crippen molar-refractivity contribution in [2.24, 2.45) is 53.3 Å². The van der Waals surface area contributed by atoms with Crippen LogP contribution in [-0.4, -0.2) is 278 Å². The normalized spacial score (nSPS) is 27.4. The van der Waals surface area contributed by atoms with Crippen molar-refractivity contribution in [1.82, 2.24) is 15.5 Å². The molecule has 5 aliphatic heterocycles. The van der Waals surface area contributed by atoms with Crippen LogP contribution in [0.3, 0.4) is 0 Å². The molecule has 132 heavy (non-hydrogen) atoms. The summed E-state index contributed by atoms with van der Waals surface area (Å²) >= 11 is 0. The number of phosphoric acid groups is 2. The first-order chi connectivity index (χ1) is 62.8. The van der Waals surface area contributed by atoms with Crippen molar-refractivity contribution in [3.05, 3.63) is 11.4 Å². The van der Waals surface area contributed by atoms with Gasteiger partial charge in [-0.1, -0.05) is 75.2 Å². The topological polar surface area (TPSA) is 460 Å². The zero-order valence-corrected chi connectivity index (χ0v) is 82.7. The Morgan fingerprint density at radius 2 is 0.841 bits per heavy atom. The number of aliphatic hydroxyl groups is 1. The minimum atomic E-state index is -4.99. The lowest BCUT2D eigenvalue weighted by Gasteiger charge is -2.43. The van der Waals surface area contributed by atoms with Crippen LogP contribution in [0.4, 0.5) is 0 Å². The van der Waals surface area contributed by atoms with Gasteiger partial charge in [0.1, 0.15) is 79.5 Å². The van der Waals surface area contributed by atoms with E-state index in [-0.39, 0.29) is 248 Å². The number of ether oxygens (including phenoxy) is 13. The summed E-state index contributed by atoms with van der Waals surface area (Å²) in [5.74, 6) is -1.57. The summed E-state index contributed by atoms with van der Waals surface area (Å²) in [4.78, 5) is 158. The number of hydrogen-bond acceptors (Lipinski definition) is 32. The first kappa shape index (κ1) is 117. The lowest BCUT2D eigenvalue weighted by Crippen LogP contribution is -2.59. The second-order valence-electron chi connectivity index (χ2n) is 36.6. The number of rotatable bonds is 71. The van der Waals surface area contributed by atoms with Gasteiger partial charge in [-0.05, 0) is 126 Å². The highest BCUT2D eigenvalue weighted by molar-refractivity contribution is 7.48. The Balaban J connectivity index is 1.19. The third-order valence-electron chi connectivity index (χ3n) is 26.0. The average Bonchev–Trinajstić information content (AvgIpc) is 1.30. The quantitative estimate of drug-likeness (QED) is 0.0110. The van der Waals surface area contributed by atoms with Crippen LogP contribution >= 0.6 is 15.6 Å². The van der Waals surface area contributed by atoms with Gasteiger partial charge in [-0.25, -0.2) is 15.7 Å². The summed E-state index contributed by atoms with van der Waals surface area (Å²) < 4.78 is 131. The molecule has 8 unspecified atom stereocenters. The Morgan fingerprint density at radius 3 is 1.23 bits per heavy atom. The van der Waals surface area contributed by atoms with Crippen molar-refractivity contribution in [3.63, 3.8) is 0 Å². The van der Waals surface area contributed by atoms with Crippen LogP contribution < -0.4 is 10.6 Å². The van der Waals surface area contributed by atoms with Crippen LogP contribution in [0.15, 0.2) is 0 Å². The van der Waals surface area contributed by atoms with Gasteiger partial charge in [0.15, 0.2) is 18.9 Å². The summed E-state index contributed by atoms with van der Waals surface area (Å²) in [7, 11) is -8.10. The molecule has 0 aliphatic carbocycles. The fourth-order valence-corrected chi connectivity index (χ4v) is 18.8. The van der Waals surface area contributed by atoms with E-state index in [1.54, 1.807) is 6.92 Å². The van der Waals surface area contributed by atoms with Gasteiger partial charge in [-0.3, -0.25) is 75.4 Å². The van der Waals surface area contributed by atoms with E-state index in [0.29, 0.717) is 148 Å². The van der Waals surface area contributed by atoms with Crippen LogP contribution in [0.1, 0.15) is 270 Å². The maximum Gasteiger partial charge on any atom is 0.475 e. The summed E-state index contributed by atoms with van der Waals surface area (Å²) in [6.07, 6.45) is 3.66. The second kappa shape index (κ2) is 63.1. The van der Waals surface area contributed by atoms with Crippen molar-refractivity contribution in [2.45, 2.75) is 343 Å². The molecule has 3 amide bonds. The molecule has 5 aliphatic rings. The van der Waals surface area contributed by atoms with E-state index in [4.69, 9.17) is 90.8 Å². The molecule has 0 bridgehead atoms. The van der Waals surface area contributed by atoms with E-state index in [0.717, 1.165) is 12.0 Å². The number of esters is 3. The zero-order valence-electron chi connectivity index (χ0n) is 80.9. The Bertz CT molecular complexity index is 3390. The minimum Gasteiger partial charge on any atom is -0.463 e. The van der Waals surface area contributed by atoms with Crippen molar-refractivity contribution in [1.29, 1.82) is 0 Å². The molecule has 0 spiro atoms. The van der Waals surface area contributed by atoms with Crippen LogP contribution in [0.5, 0.6) is 0 Å². The number of amides is 3. The fourth-order valence-electron chi connectivity index (χ4n) is 16.7. The number of Topliss-reactive ketones (excluding diaryl/α,β-unsaturated/α-hetero) is 5. The van der Waals surface area contributed by atoms with Gasteiger partial charge in [0.2, 0.25) is 24.3 Å². The number of aliphatic hydroxyl groups excluding tert-OH is 1. The number of hydrogen-bond donors (Lipinski definition) is 4. The fraction of sp³-hybridized carbons (Fsp3) is 0.871. The maximum absolute atomic E-state index is 14.5. The molecule has 0 radical (unpaired) electrons. The van der Waals surface area contributed by atoms with Crippen molar-refractivity contribution in [3.8, 4) is 0 Å². The highest BCUT2D eigenvalue weighted by Crippen LogP contribution is 2.53. The number of likely N-dealkylation sites (tertiary alicyclic amines) is 1. The van der Waals surface area contributed by atoms with E-state index < -0.39 is 109 Å². The standard InChI is InChI=1S/C93H158N4O33P2/c1-62-50-82(130-132(112,113-15)123-49-42-94-14)86(125-62)58-124-131(110,111)129-81-51-75(54-98)97(53-81)89(109)52-88(108)96-93(59-114-46-38-79(105)32-20-16-18-30-76(102)35-23-27-43-117-90-69(8)63(2)66(5)83(126-90)55-120-72(11)99,60-115-47-39-80(106)33-21-17-19-31-77(103)36-24-28-44-118-91-70(9)64(3)67(6)84(127-91)56-121-73(12)100)61-116-48-40-87(107)95-41-26-22-34-78(104)37-25-29-45-119-92-71(10)65(4)68(7)85(128-92)57-122-74(13)101/h62-71,75,81-86,90-92,98H,16-61H2,1-13,15H3,(H,95,107)(H,96,108)(H,110,111)/t62-,63-,64-,65-,66+,67+,68+,69?,70?,71?,75-,81+,82-,83?,84?,85?,86+,90+,91+,92+,93?,132?/m0/s1. The molecule has 5 fully saturated rings. The van der Waals surface area contributed by atoms with Crippen LogP contribution in [0, 0.1) is 59.8 Å². The Morgan fingerprint density at radius 1 is 0.447 bits per heavy atom. The van der Waals surface area contributed by atoms with Gasteiger partial charge in [0.25, 0.3) is 0 Å². The SMILES string of the molecule is [C-]#[N+]CCOP(=O)(OC)O[C@H]1C[C@H](C)O[C@@H]1COP(=O)(O)O[C@@H]1C[C@@H](CO)N(C(=O)CC(=O)NC(COCCC(=O)CCCCCC(=O)CCCCO[C@@H]2OC(COC(C)=O)[C@H](C)[C@H](C)C2C)(COCCC(=O)CCCCCC(=O)CCCCO[C@@H]2OC(COC(C)=O)[C@H](C)[C@H](C)C2C)COCCC(=O)NCCCCC(=O)CCCCO[C@@H]2OC(COC(C)=O)[C@H](C)[C@H](C)C2C)C1. The largest absolute Gasteiger partial charge is 0.475 e. The summed E-state index contributed by atoms with van der Waals surface area (Å²) in [5.41, 5.74) is -1.67. The number of phosphoric ester groups is 2. The maximum atomic E-state index is 14.5. The highest BCUT2D eigenvalue weighted by atomic mass is 31.2. The molecule has 39 heteroatoms. The molecule has 0 saturated carbocycles. The Labute approximate surface area is 781 Å². The number of unbranched alkanes of at least 4 members (excludes halogenated alkanes) is 8. The van der Waals surface area contributed by atoms with Gasteiger partial charge in [-0.2, -0.15) is 0 Å². The molecule has 5 heterocycles. The number of nitrogens with one attached hydrogen (secondary N) is 2. The second-order valence-corrected chi connectivity index (χ2v) is 39.7. The van der Waals surface area contributed by atoms with Crippen LogP contribution in [-0.2, 0) is 146 Å². The molecular weight excluding hydrogens is 1760 g/mol. The van der Waals surface area contributed by atoms with E-state index in [9.17, 15) is 71.9 Å². The number of ketones is 5. The molecule has 5 saturated heterocycles. The summed E-state index contributed by atoms with van der Waals surface area (Å²) in [5, 5.41) is 16.3. The molecule has 0 aromatic heterocycles. The average molecular weight is 1920 g/mol. The lowest BCUT2D eigenvalue weighted by atomic mass is 9.79. The van der Waals surface area contributed by atoms with E-state index in [1.165, 1.54) is 20.8 Å². The van der Waals surface area contributed by atoms with Crippen LogP contribution in [0.2, 0.25) is 0 Å². The monoisotopic (exact) mass is 1920 g/mol. The molecule has 37 nitrogen and oxygen atoms in total. The van der Waals surface area contributed by atoms with Gasteiger partial charge in [0, 0.05) is 156 Å². The van der Waals surface area contributed by atoms with Crippen molar-refractivity contribution < 1.29 is 156 Å². The van der Waals surface area contributed by atoms with E-state index in [2.05, 4.69) is 77.8 Å². The third kappa shape index (κ3) is 44.9. The van der Waals surface area contributed by atoms with E-state index >= 15 is 0 Å². The number of nitrogens with zero attached hydrogens (tertiary/aromatic N) is 2. The highest BCUT2D eigenvalue weighted by Gasteiger charge is 2.47. The van der Waals surface area contributed by atoms with Gasteiger partial charge >= 0.3 is 33.6 Å². The Hall–Kier alpha value is -5.56. The van der Waals surface area contributed by atoms with Gasteiger partial charge < -0.3 is 92.0 Å². The Kier molecular flexibility index (Phi) is 55.9. The predicted octanol–water partition coefficient (Wildman–Crippen LogP) is 12.0. The summed E-state index contributed by atoms with van der Waals surface area (Å²) in [6, 6.07) is -1.01. The molecule has 22 atom stereocenters. The van der Waals surface area contributed by atoms with Gasteiger partial charge in [-0.15, -0.1) is 0 Å². The predicted molar refractivity (Wildman–Crippen MR) is 481 cm³/mol. The molecule has 4 N–H and O–H groups in total. The molecular formula is C93H158N4O33P2. The molecule has 0 aromatic rings. The van der Waals surface area contributed by atoms with Crippen molar-refractivity contribution in [2.75, 3.05) is 126 Å². The molecule has 758 valence electrons. The minimum absolute atomic E-state index is 0.0486. The molecule has 5 rings (SSSR count). The number of carbonyl (C=O) groups excluding carboxylic acids is 11.